The molecule has 1 amide bonds. The number of rotatable bonds is 4. The first-order valence-corrected chi connectivity index (χ1v) is 7.96. The Balaban J connectivity index is 1.85. The van der Waals surface area contributed by atoms with Gasteiger partial charge in [-0.1, -0.05) is 0 Å². The largest absolute Gasteiger partial charge is 0.457 e. The minimum Gasteiger partial charge on any atom is -0.457 e. The summed E-state index contributed by atoms with van der Waals surface area (Å²) >= 11 is 0. The maximum absolute atomic E-state index is 12.2. The van der Waals surface area contributed by atoms with Gasteiger partial charge in [0.25, 0.3) is 0 Å². The Morgan fingerprint density at radius 3 is 2.27 bits per heavy atom. The molecule has 2 N–H and O–H groups in total. The van der Waals surface area contributed by atoms with Gasteiger partial charge in [-0.3, -0.25) is 4.79 Å². The number of primary amides is 1. The van der Waals surface area contributed by atoms with Gasteiger partial charge in [0.1, 0.15) is 12.2 Å². The Labute approximate surface area is 149 Å². The molecular formula is C20H17NO5. The van der Waals surface area contributed by atoms with Crippen molar-refractivity contribution in [2.24, 2.45) is 5.73 Å². The standard InChI is InChI=1S/C20H17NO5/c1-11-7-16-15(9-18(22)26-17(16)8-12(11)2)10-25-20(24)14-5-3-13(4-6-14)19(21)23/h3-9H,10H2,1-2H3,(H2,21,23). The number of hydrogen-bond donors (Lipinski definition) is 1. The Hall–Kier alpha value is -3.41. The Morgan fingerprint density at radius 1 is 1.00 bits per heavy atom. The molecule has 0 radical (unpaired) electrons. The van der Waals surface area contributed by atoms with E-state index in [1.54, 1.807) is 6.07 Å². The Morgan fingerprint density at radius 2 is 1.62 bits per heavy atom. The van der Waals surface area contributed by atoms with Crippen LogP contribution in [-0.4, -0.2) is 11.9 Å². The van der Waals surface area contributed by atoms with Gasteiger partial charge in [-0.2, -0.15) is 0 Å². The smallest absolute Gasteiger partial charge is 0.338 e. The van der Waals surface area contributed by atoms with Crippen LogP contribution in [0.3, 0.4) is 0 Å². The molecule has 0 atom stereocenters. The van der Waals surface area contributed by atoms with Crippen molar-refractivity contribution >= 4 is 22.8 Å². The van der Waals surface area contributed by atoms with Crippen molar-refractivity contribution in [3.63, 3.8) is 0 Å². The fourth-order valence-corrected chi connectivity index (χ4v) is 2.60. The molecule has 0 spiro atoms. The van der Waals surface area contributed by atoms with Crippen LogP contribution in [0.15, 0.2) is 51.7 Å². The second kappa shape index (κ2) is 6.84. The van der Waals surface area contributed by atoms with E-state index >= 15 is 0 Å². The van der Waals surface area contributed by atoms with Crippen molar-refractivity contribution < 1.29 is 18.7 Å². The first-order chi connectivity index (χ1) is 12.3. The van der Waals surface area contributed by atoms with Crippen LogP contribution < -0.4 is 11.4 Å². The number of ether oxygens (including phenoxy) is 1. The van der Waals surface area contributed by atoms with E-state index in [0.717, 1.165) is 16.5 Å². The number of nitrogens with two attached hydrogens (primary N) is 1. The zero-order chi connectivity index (χ0) is 18.8. The number of amides is 1. The van der Waals surface area contributed by atoms with Gasteiger partial charge in [-0.05, 0) is 61.4 Å². The monoisotopic (exact) mass is 351 g/mol. The van der Waals surface area contributed by atoms with Crippen LogP contribution in [0, 0.1) is 13.8 Å². The predicted molar refractivity (Wildman–Crippen MR) is 96.0 cm³/mol. The molecule has 0 aliphatic carbocycles. The molecular weight excluding hydrogens is 334 g/mol. The Bertz CT molecular complexity index is 1060. The van der Waals surface area contributed by atoms with Crippen molar-refractivity contribution in [1.29, 1.82) is 0 Å². The quantitative estimate of drug-likeness (QED) is 0.575. The van der Waals surface area contributed by atoms with Gasteiger partial charge in [-0.15, -0.1) is 0 Å². The van der Waals surface area contributed by atoms with Crippen LogP contribution in [0.5, 0.6) is 0 Å². The molecule has 0 aliphatic heterocycles. The molecule has 3 aromatic rings. The fourth-order valence-electron chi connectivity index (χ4n) is 2.60. The number of carbonyl (C=O) groups is 2. The molecule has 3 rings (SSSR count). The highest BCUT2D eigenvalue weighted by Gasteiger charge is 2.12. The molecule has 6 heteroatoms. The molecule has 0 saturated carbocycles. The van der Waals surface area contributed by atoms with Crippen LogP contribution in [0.25, 0.3) is 11.0 Å². The molecule has 0 unspecified atom stereocenters. The van der Waals surface area contributed by atoms with E-state index in [1.165, 1.54) is 30.3 Å². The summed E-state index contributed by atoms with van der Waals surface area (Å²) < 4.78 is 10.5. The predicted octanol–water partition coefficient (Wildman–Crippen LogP) is 2.87. The second-order valence-electron chi connectivity index (χ2n) is 6.04. The lowest BCUT2D eigenvalue weighted by Gasteiger charge is -2.09. The number of fused-ring (bicyclic) bond motifs is 1. The zero-order valence-electron chi connectivity index (χ0n) is 14.4. The summed E-state index contributed by atoms with van der Waals surface area (Å²) in [6, 6.07) is 10.9. The maximum Gasteiger partial charge on any atom is 0.338 e. The molecule has 0 aliphatic rings. The summed E-state index contributed by atoms with van der Waals surface area (Å²) in [5.74, 6) is -1.13. The minimum absolute atomic E-state index is 0.0684. The highest BCUT2D eigenvalue weighted by Crippen LogP contribution is 2.22. The SMILES string of the molecule is Cc1cc2oc(=O)cc(COC(=O)c3ccc(C(N)=O)cc3)c2cc1C. The number of aryl methyl sites for hydroxylation is 2. The van der Waals surface area contributed by atoms with Crippen molar-refractivity contribution in [2.75, 3.05) is 0 Å². The summed E-state index contributed by atoms with van der Waals surface area (Å²) in [6.07, 6.45) is 0. The Kier molecular flexibility index (Phi) is 4.58. The van der Waals surface area contributed by atoms with Crippen LogP contribution in [0.4, 0.5) is 0 Å². The average molecular weight is 351 g/mol. The highest BCUT2D eigenvalue weighted by molar-refractivity contribution is 5.95. The van der Waals surface area contributed by atoms with Gasteiger partial charge >= 0.3 is 11.6 Å². The molecule has 6 nitrogen and oxygen atoms in total. The molecule has 26 heavy (non-hydrogen) atoms. The van der Waals surface area contributed by atoms with Gasteiger partial charge < -0.3 is 14.9 Å². The average Bonchev–Trinajstić information content (AvgIpc) is 2.61. The first-order valence-electron chi connectivity index (χ1n) is 7.96. The van der Waals surface area contributed by atoms with Gasteiger partial charge in [0.15, 0.2) is 0 Å². The third kappa shape index (κ3) is 3.49. The van der Waals surface area contributed by atoms with Crippen molar-refractivity contribution in [3.05, 3.63) is 80.7 Å². The highest BCUT2D eigenvalue weighted by atomic mass is 16.5. The summed E-state index contributed by atoms with van der Waals surface area (Å²) in [6.45, 7) is 3.81. The summed E-state index contributed by atoms with van der Waals surface area (Å²) in [7, 11) is 0. The van der Waals surface area contributed by atoms with E-state index < -0.39 is 17.5 Å². The fraction of sp³-hybridized carbons (Fsp3) is 0.150. The topological polar surface area (TPSA) is 99.6 Å². The van der Waals surface area contributed by atoms with Gasteiger partial charge in [-0.25, -0.2) is 9.59 Å². The van der Waals surface area contributed by atoms with Crippen LogP contribution >= 0.6 is 0 Å². The lowest BCUT2D eigenvalue weighted by Crippen LogP contribution is -2.12. The maximum atomic E-state index is 12.2. The van der Waals surface area contributed by atoms with E-state index in [2.05, 4.69) is 0 Å². The number of carbonyl (C=O) groups excluding carboxylic acids is 2. The van der Waals surface area contributed by atoms with E-state index in [1.807, 2.05) is 19.9 Å². The van der Waals surface area contributed by atoms with Crippen LogP contribution in [-0.2, 0) is 11.3 Å². The third-order valence-corrected chi connectivity index (χ3v) is 4.21. The summed E-state index contributed by atoms with van der Waals surface area (Å²) in [4.78, 5) is 35.0. The molecule has 1 heterocycles. The van der Waals surface area contributed by atoms with Gasteiger partial charge in [0.05, 0.1) is 5.56 Å². The summed E-state index contributed by atoms with van der Waals surface area (Å²) in [5, 5.41) is 0.726. The van der Waals surface area contributed by atoms with E-state index in [9.17, 15) is 14.4 Å². The number of hydrogen-bond acceptors (Lipinski definition) is 5. The van der Waals surface area contributed by atoms with E-state index in [0.29, 0.717) is 16.7 Å². The lowest BCUT2D eigenvalue weighted by molar-refractivity contribution is 0.0473. The first kappa shape index (κ1) is 17.4. The van der Waals surface area contributed by atoms with Crippen LogP contribution in [0.1, 0.15) is 37.4 Å². The molecule has 0 saturated heterocycles. The minimum atomic E-state index is -0.571. The third-order valence-electron chi connectivity index (χ3n) is 4.21. The number of esters is 1. The van der Waals surface area contributed by atoms with Crippen LogP contribution in [0.2, 0.25) is 0 Å². The molecule has 0 fully saturated rings. The lowest BCUT2D eigenvalue weighted by atomic mass is 10.0. The molecule has 1 aromatic heterocycles. The molecule has 0 bridgehead atoms. The molecule has 2 aromatic carbocycles. The van der Waals surface area contributed by atoms with E-state index in [4.69, 9.17) is 14.9 Å². The van der Waals surface area contributed by atoms with Gasteiger partial charge in [0.2, 0.25) is 5.91 Å². The van der Waals surface area contributed by atoms with Gasteiger partial charge in [0, 0.05) is 22.6 Å². The second-order valence-corrected chi connectivity index (χ2v) is 6.04. The normalized spacial score (nSPS) is 10.7. The zero-order valence-corrected chi connectivity index (χ0v) is 14.4. The van der Waals surface area contributed by atoms with E-state index in [-0.39, 0.29) is 12.2 Å². The van der Waals surface area contributed by atoms with Crippen molar-refractivity contribution in [2.45, 2.75) is 20.5 Å². The van der Waals surface area contributed by atoms with Crippen molar-refractivity contribution in [1.82, 2.24) is 0 Å². The summed E-state index contributed by atoms with van der Waals surface area (Å²) in [5.41, 5.74) is 8.33. The number of benzene rings is 2. The van der Waals surface area contributed by atoms with Crippen molar-refractivity contribution in [3.8, 4) is 0 Å². The molecule has 132 valence electrons.